The second-order valence-electron chi connectivity index (χ2n) is 3.77. The van der Waals surface area contributed by atoms with Crippen LogP contribution in [0.5, 0.6) is 0 Å². The summed E-state index contributed by atoms with van der Waals surface area (Å²) in [4.78, 5) is 18.5. The van der Waals surface area contributed by atoms with Gasteiger partial charge in [0.15, 0.2) is 5.96 Å². The Morgan fingerprint density at radius 2 is 2.24 bits per heavy atom. The number of nitrogens with zero attached hydrogens (tertiary/aromatic N) is 1. The van der Waals surface area contributed by atoms with Crippen molar-refractivity contribution in [2.24, 2.45) is 10.7 Å². The largest absolute Gasteiger partial charge is 0.370 e. The summed E-state index contributed by atoms with van der Waals surface area (Å²) in [6, 6.07) is 7.65. The SMILES string of the molecule is CNC(N)=NC(=O)c1cc2cccc(C)c2[nH]1. The molecule has 0 spiro atoms. The second-order valence-corrected chi connectivity index (χ2v) is 3.77. The molecule has 1 aromatic carbocycles. The average molecular weight is 230 g/mol. The van der Waals surface area contributed by atoms with E-state index in [1.54, 1.807) is 13.1 Å². The molecule has 1 aromatic heterocycles. The lowest BCUT2D eigenvalue weighted by Gasteiger charge is -1.96. The standard InChI is InChI=1S/C12H14N4O/c1-7-4-3-5-8-6-9(15-10(7)8)11(17)16-12(13)14-2/h3-6,15H,1-2H3,(H3,13,14,16,17). The molecular weight excluding hydrogens is 216 g/mol. The minimum atomic E-state index is -0.382. The Labute approximate surface area is 98.7 Å². The molecule has 0 saturated carbocycles. The van der Waals surface area contributed by atoms with Crippen LogP contribution in [0.4, 0.5) is 0 Å². The molecule has 17 heavy (non-hydrogen) atoms. The van der Waals surface area contributed by atoms with Gasteiger partial charge in [0.25, 0.3) is 5.91 Å². The maximum Gasteiger partial charge on any atom is 0.296 e. The van der Waals surface area contributed by atoms with Gasteiger partial charge in [-0.2, -0.15) is 4.99 Å². The summed E-state index contributed by atoms with van der Waals surface area (Å²) in [5.74, 6) is -0.280. The van der Waals surface area contributed by atoms with E-state index in [4.69, 9.17) is 5.73 Å². The number of carbonyl (C=O) groups excluding carboxylic acids is 1. The van der Waals surface area contributed by atoms with Gasteiger partial charge in [-0.1, -0.05) is 18.2 Å². The summed E-state index contributed by atoms with van der Waals surface area (Å²) < 4.78 is 0. The molecule has 0 radical (unpaired) electrons. The molecule has 0 fully saturated rings. The number of para-hydroxylation sites is 1. The first-order valence-electron chi connectivity index (χ1n) is 5.26. The van der Waals surface area contributed by atoms with Gasteiger partial charge in [0.2, 0.25) is 0 Å². The first kappa shape index (κ1) is 11.2. The minimum Gasteiger partial charge on any atom is -0.370 e. The van der Waals surface area contributed by atoms with Crippen molar-refractivity contribution in [1.29, 1.82) is 0 Å². The molecule has 88 valence electrons. The number of aromatic amines is 1. The van der Waals surface area contributed by atoms with Crippen molar-refractivity contribution in [2.45, 2.75) is 6.92 Å². The predicted octanol–water partition coefficient (Wildman–Crippen LogP) is 1.15. The smallest absolute Gasteiger partial charge is 0.296 e. The van der Waals surface area contributed by atoms with Gasteiger partial charge in [-0.05, 0) is 18.6 Å². The zero-order valence-electron chi connectivity index (χ0n) is 9.74. The topological polar surface area (TPSA) is 83.3 Å². The monoisotopic (exact) mass is 230 g/mol. The number of hydrogen-bond donors (Lipinski definition) is 3. The number of rotatable bonds is 1. The summed E-state index contributed by atoms with van der Waals surface area (Å²) in [5, 5.41) is 3.60. The van der Waals surface area contributed by atoms with E-state index in [9.17, 15) is 4.79 Å². The molecule has 2 rings (SSSR count). The zero-order chi connectivity index (χ0) is 12.4. The fraction of sp³-hybridized carbons (Fsp3) is 0.167. The van der Waals surface area contributed by atoms with Gasteiger partial charge in [0.1, 0.15) is 5.69 Å². The van der Waals surface area contributed by atoms with Crippen LogP contribution in [0.2, 0.25) is 0 Å². The number of aromatic nitrogens is 1. The average Bonchev–Trinajstić information content (AvgIpc) is 2.74. The van der Waals surface area contributed by atoms with Crippen molar-refractivity contribution in [3.8, 4) is 0 Å². The summed E-state index contributed by atoms with van der Waals surface area (Å²) >= 11 is 0. The third-order valence-corrected chi connectivity index (χ3v) is 2.57. The van der Waals surface area contributed by atoms with E-state index in [0.29, 0.717) is 5.69 Å². The number of aliphatic imine (C=N–C) groups is 1. The summed E-state index contributed by atoms with van der Waals surface area (Å²) in [6.45, 7) is 1.98. The summed E-state index contributed by atoms with van der Waals surface area (Å²) in [6.07, 6.45) is 0. The Morgan fingerprint density at radius 1 is 1.47 bits per heavy atom. The number of nitrogens with one attached hydrogen (secondary N) is 2. The zero-order valence-corrected chi connectivity index (χ0v) is 9.74. The minimum absolute atomic E-state index is 0.102. The third-order valence-electron chi connectivity index (χ3n) is 2.57. The van der Waals surface area contributed by atoms with Crippen LogP contribution in [0.25, 0.3) is 10.9 Å². The molecule has 1 amide bonds. The van der Waals surface area contributed by atoms with Crippen molar-refractivity contribution in [3.05, 3.63) is 35.5 Å². The maximum absolute atomic E-state index is 11.8. The van der Waals surface area contributed by atoms with E-state index in [0.717, 1.165) is 16.5 Å². The van der Waals surface area contributed by atoms with Crippen LogP contribution in [0.1, 0.15) is 16.1 Å². The van der Waals surface area contributed by atoms with Crippen LogP contribution in [-0.4, -0.2) is 23.9 Å². The number of aryl methyl sites for hydroxylation is 1. The first-order chi connectivity index (χ1) is 8.11. The van der Waals surface area contributed by atoms with Crippen LogP contribution in [0.15, 0.2) is 29.3 Å². The van der Waals surface area contributed by atoms with Gasteiger partial charge in [-0.15, -0.1) is 0 Å². The van der Waals surface area contributed by atoms with Gasteiger partial charge in [0.05, 0.1) is 0 Å². The lowest BCUT2D eigenvalue weighted by Crippen LogP contribution is -2.28. The molecule has 0 atom stereocenters. The number of H-pyrrole nitrogens is 1. The molecular formula is C12H14N4O. The maximum atomic E-state index is 11.8. The van der Waals surface area contributed by atoms with Crippen LogP contribution >= 0.6 is 0 Å². The first-order valence-corrected chi connectivity index (χ1v) is 5.26. The highest BCUT2D eigenvalue weighted by atomic mass is 16.1. The lowest BCUT2D eigenvalue weighted by molar-refractivity contribution is 0.0998. The highest BCUT2D eigenvalue weighted by Crippen LogP contribution is 2.19. The Hall–Kier alpha value is -2.30. The molecule has 5 nitrogen and oxygen atoms in total. The van der Waals surface area contributed by atoms with Crippen LogP contribution in [0.3, 0.4) is 0 Å². The fourth-order valence-electron chi connectivity index (χ4n) is 1.65. The van der Waals surface area contributed by atoms with Gasteiger partial charge in [-0.3, -0.25) is 4.79 Å². The molecule has 0 bridgehead atoms. The molecule has 0 saturated heterocycles. The highest BCUT2D eigenvalue weighted by molar-refractivity contribution is 6.04. The highest BCUT2D eigenvalue weighted by Gasteiger charge is 2.09. The van der Waals surface area contributed by atoms with Crippen molar-refractivity contribution >= 4 is 22.8 Å². The van der Waals surface area contributed by atoms with E-state index >= 15 is 0 Å². The molecule has 0 aliphatic rings. The van der Waals surface area contributed by atoms with Gasteiger partial charge in [0, 0.05) is 18.0 Å². The molecule has 4 N–H and O–H groups in total. The molecule has 1 heterocycles. The van der Waals surface area contributed by atoms with Crippen LogP contribution < -0.4 is 11.1 Å². The fourth-order valence-corrected chi connectivity index (χ4v) is 1.65. The van der Waals surface area contributed by atoms with Crippen molar-refractivity contribution < 1.29 is 4.79 Å². The molecule has 5 heteroatoms. The molecule has 0 aliphatic carbocycles. The van der Waals surface area contributed by atoms with E-state index in [1.165, 1.54) is 0 Å². The number of benzene rings is 1. The molecule has 0 aliphatic heterocycles. The number of fused-ring (bicyclic) bond motifs is 1. The van der Waals surface area contributed by atoms with Gasteiger partial charge >= 0.3 is 0 Å². The predicted molar refractivity (Wildman–Crippen MR) is 68.0 cm³/mol. The number of nitrogens with two attached hydrogens (primary N) is 1. The molecule has 2 aromatic rings. The number of carbonyl (C=O) groups is 1. The Balaban J connectivity index is 2.44. The normalized spacial score (nSPS) is 11.8. The van der Waals surface area contributed by atoms with Crippen molar-refractivity contribution in [2.75, 3.05) is 7.05 Å². The van der Waals surface area contributed by atoms with Crippen LogP contribution in [-0.2, 0) is 0 Å². The van der Waals surface area contributed by atoms with E-state index in [2.05, 4.69) is 15.3 Å². The van der Waals surface area contributed by atoms with E-state index < -0.39 is 0 Å². The molecule has 0 unspecified atom stereocenters. The summed E-state index contributed by atoms with van der Waals surface area (Å²) in [7, 11) is 1.61. The quantitative estimate of drug-likeness (QED) is 0.507. The van der Waals surface area contributed by atoms with Crippen molar-refractivity contribution in [1.82, 2.24) is 10.3 Å². The number of amides is 1. The van der Waals surface area contributed by atoms with Gasteiger partial charge < -0.3 is 16.0 Å². The Bertz CT molecular complexity index is 598. The van der Waals surface area contributed by atoms with Crippen LogP contribution in [0, 0.1) is 6.92 Å². The number of guanidine groups is 1. The van der Waals surface area contributed by atoms with E-state index in [1.807, 2.05) is 25.1 Å². The Kier molecular flexibility index (Phi) is 2.82. The third kappa shape index (κ3) is 2.13. The van der Waals surface area contributed by atoms with E-state index in [-0.39, 0.29) is 11.9 Å². The van der Waals surface area contributed by atoms with Crippen molar-refractivity contribution in [3.63, 3.8) is 0 Å². The second kappa shape index (κ2) is 4.29. The number of hydrogen-bond acceptors (Lipinski definition) is 1. The van der Waals surface area contributed by atoms with Gasteiger partial charge in [-0.25, -0.2) is 0 Å². The Morgan fingerprint density at radius 3 is 2.88 bits per heavy atom. The summed E-state index contributed by atoms with van der Waals surface area (Å²) in [5.41, 5.74) is 7.92. The lowest BCUT2D eigenvalue weighted by atomic mass is 10.2.